The van der Waals surface area contributed by atoms with Crippen LogP contribution >= 0.6 is 0 Å². The van der Waals surface area contributed by atoms with Crippen LogP contribution in [-0.4, -0.2) is 38.2 Å². The van der Waals surface area contributed by atoms with Crippen molar-refractivity contribution in [1.82, 2.24) is 14.7 Å². The van der Waals surface area contributed by atoms with E-state index in [2.05, 4.69) is 17.2 Å². The Morgan fingerprint density at radius 1 is 1.21 bits per heavy atom. The van der Waals surface area contributed by atoms with Gasteiger partial charge in [-0.05, 0) is 24.8 Å². The van der Waals surface area contributed by atoms with Crippen molar-refractivity contribution in [3.63, 3.8) is 0 Å². The van der Waals surface area contributed by atoms with E-state index in [1.165, 1.54) is 22.6 Å². The van der Waals surface area contributed by atoms with Crippen molar-refractivity contribution in [2.24, 2.45) is 0 Å². The number of likely N-dealkylation sites (tertiary alicyclic amines) is 1. The van der Waals surface area contributed by atoms with Crippen LogP contribution in [0.3, 0.4) is 0 Å². The van der Waals surface area contributed by atoms with Crippen LogP contribution in [0.15, 0.2) is 42.7 Å². The minimum atomic E-state index is -1.01. The predicted molar refractivity (Wildman–Crippen MR) is 88.6 cm³/mol. The summed E-state index contributed by atoms with van der Waals surface area (Å²) in [4.78, 5) is 25.5. The zero-order valence-electron chi connectivity index (χ0n) is 13.5. The maximum atomic E-state index is 12.7. The summed E-state index contributed by atoms with van der Waals surface area (Å²) in [7, 11) is 0. The van der Waals surface area contributed by atoms with Gasteiger partial charge in [-0.2, -0.15) is 5.10 Å². The normalized spacial score (nSPS) is 17.7. The third-order valence-electron chi connectivity index (χ3n) is 4.44. The smallest absolute Gasteiger partial charge is 0.338 e. The first kappa shape index (κ1) is 16.2. The number of aromatic carboxylic acids is 1. The molecule has 0 saturated carbocycles. The van der Waals surface area contributed by atoms with Crippen LogP contribution in [0, 0.1) is 0 Å². The molecule has 1 N–H and O–H groups in total. The highest BCUT2D eigenvalue weighted by molar-refractivity contribution is 5.86. The third kappa shape index (κ3) is 3.64. The number of aromatic nitrogens is 2. The quantitative estimate of drug-likeness (QED) is 0.916. The fraction of sp³-hybridized carbons (Fsp3) is 0.389. The first-order valence-corrected chi connectivity index (χ1v) is 8.25. The van der Waals surface area contributed by atoms with Crippen molar-refractivity contribution >= 4 is 11.9 Å². The SMILES string of the molecule is O=C(O)c1cnn(CCC(=O)N2CCCCC2c2ccccc2)c1. The second-order valence-electron chi connectivity index (χ2n) is 6.06. The number of aryl methyl sites for hydroxylation is 1. The Balaban J connectivity index is 1.64. The first-order chi connectivity index (χ1) is 11.6. The number of carbonyl (C=O) groups excluding carboxylic acids is 1. The zero-order valence-corrected chi connectivity index (χ0v) is 13.5. The molecule has 6 nitrogen and oxygen atoms in total. The number of carboxylic acids is 1. The Labute approximate surface area is 140 Å². The van der Waals surface area contributed by atoms with Crippen molar-refractivity contribution in [3.8, 4) is 0 Å². The Morgan fingerprint density at radius 2 is 2.00 bits per heavy atom. The molecule has 1 aromatic heterocycles. The number of nitrogens with zero attached hydrogens (tertiary/aromatic N) is 3. The van der Waals surface area contributed by atoms with Crippen LogP contribution in [0.1, 0.15) is 47.6 Å². The molecular formula is C18H21N3O3. The van der Waals surface area contributed by atoms with Crippen molar-refractivity contribution in [2.75, 3.05) is 6.54 Å². The highest BCUT2D eigenvalue weighted by Crippen LogP contribution is 2.31. The average molecular weight is 327 g/mol. The van der Waals surface area contributed by atoms with Crippen LogP contribution in [0.5, 0.6) is 0 Å². The van der Waals surface area contributed by atoms with Gasteiger partial charge in [0.2, 0.25) is 5.91 Å². The molecule has 0 aliphatic carbocycles. The van der Waals surface area contributed by atoms with Crippen molar-refractivity contribution in [3.05, 3.63) is 53.9 Å². The van der Waals surface area contributed by atoms with E-state index in [-0.39, 0.29) is 17.5 Å². The maximum absolute atomic E-state index is 12.7. The van der Waals surface area contributed by atoms with Gasteiger partial charge in [-0.3, -0.25) is 9.48 Å². The van der Waals surface area contributed by atoms with Gasteiger partial charge in [0.05, 0.1) is 17.8 Å². The van der Waals surface area contributed by atoms with E-state index in [9.17, 15) is 9.59 Å². The van der Waals surface area contributed by atoms with Crippen LogP contribution in [-0.2, 0) is 11.3 Å². The van der Waals surface area contributed by atoms with E-state index in [0.717, 1.165) is 25.8 Å². The minimum Gasteiger partial charge on any atom is -0.478 e. The number of rotatable bonds is 5. The first-order valence-electron chi connectivity index (χ1n) is 8.25. The largest absolute Gasteiger partial charge is 0.478 e. The lowest BCUT2D eigenvalue weighted by Gasteiger charge is -2.36. The Kier molecular flexibility index (Phi) is 4.93. The van der Waals surface area contributed by atoms with Gasteiger partial charge < -0.3 is 10.0 Å². The zero-order chi connectivity index (χ0) is 16.9. The van der Waals surface area contributed by atoms with E-state index in [1.54, 1.807) is 0 Å². The van der Waals surface area contributed by atoms with Gasteiger partial charge in [-0.25, -0.2) is 4.79 Å². The number of hydrogen-bond donors (Lipinski definition) is 1. The highest BCUT2D eigenvalue weighted by atomic mass is 16.4. The van der Waals surface area contributed by atoms with Gasteiger partial charge in [-0.15, -0.1) is 0 Å². The fourth-order valence-electron chi connectivity index (χ4n) is 3.20. The molecule has 0 radical (unpaired) electrons. The van der Waals surface area contributed by atoms with E-state index < -0.39 is 5.97 Å². The van der Waals surface area contributed by atoms with Gasteiger partial charge in [0.25, 0.3) is 0 Å². The number of carbonyl (C=O) groups is 2. The molecule has 24 heavy (non-hydrogen) atoms. The van der Waals surface area contributed by atoms with Crippen molar-refractivity contribution < 1.29 is 14.7 Å². The Hall–Kier alpha value is -2.63. The third-order valence-corrected chi connectivity index (χ3v) is 4.44. The van der Waals surface area contributed by atoms with Crippen LogP contribution in [0.2, 0.25) is 0 Å². The summed E-state index contributed by atoms with van der Waals surface area (Å²) in [6, 6.07) is 10.3. The maximum Gasteiger partial charge on any atom is 0.338 e. The molecule has 2 aromatic rings. The summed E-state index contributed by atoms with van der Waals surface area (Å²) in [5.74, 6) is -0.913. The lowest BCUT2D eigenvalue weighted by Crippen LogP contribution is -2.38. The molecule has 2 heterocycles. The summed E-state index contributed by atoms with van der Waals surface area (Å²) in [6.07, 6.45) is 6.23. The van der Waals surface area contributed by atoms with Gasteiger partial charge in [0.15, 0.2) is 0 Å². The molecule has 1 atom stereocenters. The number of carboxylic acid groups (broad SMARTS) is 1. The second-order valence-corrected chi connectivity index (χ2v) is 6.06. The predicted octanol–water partition coefficient (Wildman–Crippen LogP) is 2.73. The molecule has 0 bridgehead atoms. The van der Waals surface area contributed by atoms with E-state index in [1.807, 2.05) is 23.1 Å². The molecular weight excluding hydrogens is 306 g/mol. The molecule has 6 heteroatoms. The van der Waals surface area contributed by atoms with Crippen LogP contribution < -0.4 is 0 Å². The molecule has 1 aromatic carbocycles. The summed E-state index contributed by atoms with van der Waals surface area (Å²) < 4.78 is 1.52. The van der Waals surface area contributed by atoms with Crippen LogP contribution in [0.25, 0.3) is 0 Å². The lowest BCUT2D eigenvalue weighted by molar-refractivity contribution is -0.135. The summed E-state index contributed by atoms with van der Waals surface area (Å²) in [5.41, 5.74) is 1.32. The Bertz CT molecular complexity index is 711. The van der Waals surface area contributed by atoms with E-state index in [0.29, 0.717) is 13.0 Å². The lowest BCUT2D eigenvalue weighted by atomic mass is 9.95. The molecule has 3 rings (SSSR count). The topological polar surface area (TPSA) is 75.4 Å². The monoisotopic (exact) mass is 327 g/mol. The standard InChI is InChI=1S/C18H21N3O3/c22-17(9-11-20-13-15(12-19-20)18(23)24)21-10-5-4-8-16(21)14-6-2-1-3-7-14/h1-3,6-7,12-13,16H,4-5,8-11H2,(H,23,24). The molecule has 1 unspecified atom stereocenters. The van der Waals surface area contributed by atoms with Crippen molar-refractivity contribution in [1.29, 1.82) is 0 Å². The molecule has 1 saturated heterocycles. The van der Waals surface area contributed by atoms with Gasteiger partial charge >= 0.3 is 5.97 Å². The van der Waals surface area contributed by atoms with Crippen molar-refractivity contribution in [2.45, 2.75) is 38.3 Å². The summed E-state index contributed by atoms with van der Waals surface area (Å²) in [6.45, 7) is 1.17. The minimum absolute atomic E-state index is 0.0935. The average Bonchev–Trinajstić information content (AvgIpc) is 3.10. The molecule has 0 spiro atoms. The summed E-state index contributed by atoms with van der Waals surface area (Å²) >= 11 is 0. The molecule has 126 valence electrons. The Morgan fingerprint density at radius 3 is 2.71 bits per heavy atom. The molecule has 1 aliphatic rings. The fourth-order valence-corrected chi connectivity index (χ4v) is 3.20. The van der Waals surface area contributed by atoms with Gasteiger partial charge in [-0.1, -0.05) is 30.3 Å². The van der Waals surface area contributed by atoms with E-state index >= 15 is 0 Å². The van der Waals surface area contributed by atoms with E-state index in [4.69, 9.17) is 5.11 Å². The summed E-state index contributed by atoms with van der Waals surface area (Å²) in [5, 5.41) is 12.9. The van der Waals surface area contributed by atoms with Gasteiger partial charge in [0.1, 0.15) is 0 Å². The number of amides is 1. The number of hydrogen-bond acceptors (Lipinski definition) is 3. The van der Waals surface area contributed by atoms with Crippen LogP contribution in [0.4, 0.5) is 0 Å². The van der Waals surface area contributed by atoms with Gasteiger partial charge in [0, 0.05) is 25.7 Å². The molecule has 1 aliphatic heterocycles. The second kappa shape index (κ2) is 7.29. The number of benzene rings is 1. The molecule has 1 fully saturated rings. The molecule has 1 amide bonds. The number of piperidine rings is 1. The highest BCUT2D eigenvalue weighted by Gasteiger charge is 2.27.